The molecule has 2 saturated heterocycles. The number of carbonyl (C=O) groups excluding carboxylic acids is 1. The highest BCUT2D eigenvalue weighted by molar-refractivity contribution is 5.78. The Balaban J connectivity index is 1.23. The van der Waals surface area contributed by atoms with Crippen molar-refractivity contribution in [1.82, 2.24) is 9.80 Å². The van der Waals surface area contributed by atoms with Gasteiger partial charge in [0.1, 0.15) is 11.6 Å². The molecule has 0 saturated carbocycles. The van der Waals surface area contributed by atoms with Crippen LogP contribution in [0.15, 0.2) is 48.5 Å². The summed E-state index contributed by atoms with van der Waals surface area (Å²) in [5, 5.41) is 0. The van der Waals surface area contributed by atoms with Crippen LogP contribution < -0.4 is 14.5 Å². The molecule has 0 bridgehead atoms. The second kappa shape index (κ2) is 9.34. The summed E-state index contributed by atoms with van der Waals surface area (Å²) in [6.07, 6.45) is 0. The molecule has 0 spiro atoms. The lowest BCUT2D eigenvalue weighted by molar-refractivity contribution is -0.132. The predicted octanol–water partition coefficient (Wildman–Crippen LogP) is 2.31. The molecule has 4 rings (SSSR count). The molecule has 2 aliphatic rings. The van der Waals surface area contributed by atoms with Crippen LogP contribution in [-0.4, -0.2) is 81.7 Å². The molecule has 7 heteroatoms. The number of ether oxygens (including phenoxy) is 1. The molecule has 2 aliphatic heterocycles. The molecule has 0 radical (unpaired) electrons. The van der Waals surface area contributed by atoms with Crippen LogP contribution in [0.3, 0.4) is 0 Å². The van der Waals surface area contributed by atoms with Crippen LogP contribution in [0.4, 0.5) is 15.8 Å². The minimum Gasteiger partial charge on any atom is -0.497 e. The zero-order valence-electron chi connectivity index (χ0n) is 17.5. The maximum atomic E-state index is 14.0. The second-order valence-corrected chi connectivity index (χ2v) is 7.78. The van der Waals surface area contributed by atoms with Gasteiger partial charge < -0.3 is 19.4 Å². The molecule has 2 aromatic carbocycles. The Morgan fingerprint density at radius 1 is 0.867 bits per heavy atom. The van der Waals surface area contributed by atoms with E-state index < -0.39 is 0 Å². The van der Waals surface area contributed by atoms with Gasteiger partial charge in [-0.2, -0.15) is 0 Å². The average molecular weight is 413 g/mol. The van der Waals surface area contributed by atoms with Crippen LogP contribution in [-0.2, 0) is 4.79 Å². The van der Waals surface area contributed by atoms with Gasteiger partial charge in [-0.15, -0.1) is 0 Å². The Hall–Kier alpha value is -2.80. The fourth-order valence-electron chi connectivity index (χ4n) is 4.15. The van der Waals surface area contributed by atoms with Crippen LogP contribution in [0.2, 0.25) is 0 Å². The van der Waals surface area contributed by atoms with Gasteiger partial charge in [-0.05, 0) is 36.4 Å². The lowest BCUT2D eigenvalue weighted by atomic mass is 10.2. The van der Waals surface area contributed by atoms with E-state index in [0.717, 1.165) is 31.9 Å². The summed E-state index contributed by atoms with van der Waals surface area (Å²) in [5.74, 6) is 0.825. The number of hydrogen-bond donors (Lipinski definition) is 0. The maximum absolute atomic E-state index is 14.0. The Morgan fingerprint density at radius 3 is 2.13 bits per heavy atom. The summed E-state index contributed by atoms with van der Waals surface area (Å²) < 4.78 is 19.2. The molecule has 30 heavy (non-hydrogen) atoms. The Labute approximate surface area is 177 Å². The summed E-state index contributed by atoms with van der Waals surface area (Å²) in [7, 11) is 1.67. The SMILES string of the molecule is COc1ccc(N2CCN(CC(=O)N3CCN(c4ccccc4F)CC3)CC2)cc1. The first kappa shape index (κ1) is 20.5. The molecular weight excluding hydrogens is 383 g/mol. The van der Waals surface area contributed by atoms with Gasteiger partial charge in [0.25, 0.3) is 0 Å². The van der Waals surface area contributed by atoms with Crippen molar-refractivity contribution < 1.29 is 13.9 Å². The van der Waals surface area contributed by atoms with E-state index in [9.17, 15) is 9.18 Å². The lowest BCUT2D eigenvalue weighted by Crippen LogP contribution is -2.54. The first-order valence-electron chi connectivity index (χ1n) is 10.5. The molecule has 2 aromatic rings. The number of methoxy groups -OCH3 is 1. The number of para-hydroxylation sites is 1. The molecule has 0 atom stereocenters. The molecule has 160 valence electrons. The largest absolute Gasteiger partial charge is 0.497 e. The highest BCUT2D eigenvalue weighted by Gasteiger charge is 2.25. The number of amides is 1. The zero-order chi connectivity index (χ0) is 20.9. The summed E-state index contributed by atoms with van der Waals surface area (Å²) in [6.45, 7) is 6.60. The van der Waals surface area contributed by atoms with Gasteiger partial charge >= 0.3 is 0 Å². The maximum Gasteiger partial charge on any atom is 0.236 e. The third kappa shape index (κ3) is 4.67. The molecule has 6 nitrogen and oxygen atoms in total. The van der Waals surface area contributed by atoms with Crippen molar-refractivity contribution >= 4 is 17.3 Å². The van der Waals surface area contributed by atoms with E-state index >= 15 is 0 Å². The first-order valence-corrected chi connectivity index (χ1v) is 10.5. The minimum absolute atomic E-state index is 0.168. The van der Waals surface area contributed by atoms with Crippen LogP contribution in [0.5, 0.6) is 5.75 Å². The number of halogens is 1. The van der Waals surface area contributed by atoms with E-state index in [2.05, 4.69) is 21.9 Å². The van der Waals surface area contributed by atoms with Crippen molar-refractivity contribution in [3.05, 3.63) is 54.3 Å². The van der Waals surface area contributed by atoms with Crippen LogP contribution in [0.1, 0.15) is 0 Å². The van der Waals surface area contributed by atoms with Gasteiger partial charge in [-0.3, -0.25) is 9.69 Å². The Bertz CT molecular complexity index is 845. The van der Waals surface area contributed by atoms with Gasteiger partial charge in [-0.1, -0.05) is 12.1 Å². The molecule has 0 aliphatic carbocycles. The topological polar surface area (TPSA) is 39.3 Å². The van der Waals surface area contributed by atoms with Gasteiger partial charge in [0.15, 0.2) is 0 Å². The third-order valence-electron chi connectivity index (χ3n) is 5.99. The highest BCUT2D eigenvalue weighted by Crippen LogP contribution is 2.22. The highest BCUT2D eigenvalue weighted by atomic mass is 19.1. The van der Waals surface area contributed by atoms with E-state index in [0.29, 0.717) is 38.4 Å². The van der Waals surface area contributed by atoms with Gasteiger partial charge in [0, 0.05) is 58.0 Å². The first-order chi connectivity index (χ1) is 14.6. The van der Waals surface area contributed by atoms with E-state index in [1.165, 1.54) is 11.8 Å². The van der Waals surface area contributed by atoms with Crippen LogP contribution >= 0.6 is 0 Å². The number of rotatable bonds is 5. The van der Waals surface area contributed by atoms with Crippen molar-refractivity contribution in [2.24, 2.45) is 0 Å². The smallest absolute Gasteiger partial charge is 0.236 e. The van der Waals surface area contributed by atoms with Crippen molar-refractivity contribution in [2.45, 2.75) is 0 Å². The standard InChI is InChI=1S/C23H29FN4O2/c1-30-20-8-6-19(7-9-20)26-12-10-25(11-13-26)18-23(29)28-16-14-27(15-17-28)22-5-3-2-4-21(22)24/h2-9H,10-18H2,1H3. The summed E-state index contributed by atoms with van der Waals surface area (Å²) in [6, 6.07) is 14.9. The Morgan fingerprint density at radius 2 is 1.50 bits per heavy atom. The van der Waals surface area contributed by atoms with E-state index in [-0.39, 0.29) is 11.7 Å². The minimum atomic E-state index is -0.202. The number of nitrogens with zero attached hydrogens (tertiary/aromatic N) is 4. The lowest BCUT2D eigenvalue weighted by Gasteiger charge is -2.39. The molecule has 0 aromatic heterocycles. The van der Waals surface area contributed by atoms with Gasteiger partial charge in [-0.25, -0.2) is 4.39 Å². The summed E-state index contributed by atoms with van der Waals surface area (Å²) >= 11 is 0. The van der Waals surface area contributed by atoms with Crippen molar-refractivity contribution in [2.75, 3.05) is 75.8 Å². The van der Waals surface area contributed by atoms with E-state index in [1.54, 1.807) is 19.2 Å². The third-order valence-corrected chi connectivity index (χ3v) is 5.99. The number of anilines is 2. The van der Waals surface area contributed by atoms with Crippen molar-refractivity contribution in [1.29, 1.82) is 0 Å². The van der Waals surface area contributed by atoms with E-state index in [4.69, 9.17) is 4.74 Å². The zero-order valence-corrected chi connectivity index (χ0v) is 17.5. The molecule has 0 unspecified atom stereocenters. The van der Waals surface area contributed by atoms with E-state index in [1.807, 2.05) is 28.0 Å². The van der Waals surface area contributed by atoms with Gasteiger partial charge in [0.05, 0.1) is 19.3 Å². The fraction of sp³-hybridized carbons (Fsp3) is 0.435. The normalized spacial score (nSPS) is 17.9. The monoisotopic (exact) mass is 412 g/mol. The Kier molecular flexibility index (Phi) is 6.38. The summed E-state index contributed by atoms with van der Waals surface area (Å²) in [4.78, 5) is 21.3. The van der Waals surface area contributed by atoms with Crippen molar-refractivity contribution in [3.8, 4) is 5.75 Å². The number of hydrogen-bond acceptors (Lipinski definition) is 5. The van der Waals surface area contributed by atoms with Crippen molar-refractivity contribution in [3.63, 3.8) is 0 Å². The second-order valence-electron chi connectivity index (χ2n) is 7.78. The summed E-state index contributed by atoms with van der Waals surface area (Å²) in [5.41, 5.74) is 1.81. The predicted molar refractivity (Wildman–Crippen MR) is 117 cm³/mol. The molecule has 1 amide bonds. The number of carbonyl (C=O) groups is 1. The fourth-order valence-corrected chi connectivity index (χ4v) is 4.15. The van der Waals surface area contributed by atoms with Gasteiger partial charge in [0.2, 0.25) is 5.91 Å². The average Bonchev–Trinajstić information content (AvgIpc) is 2.80. The number of benzene rings is 2. The quantitative estimate of drug-likeness (QED) is 0.754. The molecular formula is C23H29FN4O2. The molecule has 2 heterocycles. The van der Waals surface area contributed by atoms with Crippen LogP contribution in [0, 0.1) is 5.82 Å². The number of piperazine rings is 2. The molecule has 2 fully saturated rings. The van der Waals surface area contributed by atoms with Crippen LogP contribution in [0.25, 0.3) is 0 Å². The molecule has 0 N–H and O–H groups in total.